The van der Waals surface area contributed by atoms with E-state index in [2.05, 4.69) is 36.5 Å². The molecule has 0 aliphatic rings. The van der Waals surface area contributed by atoms with Crippen LogP contribution in [0, 0.1) is 0 Å². The average molecular weight is 343 g/mol. The normalized spacial score (nSPS) is 10.4. The fraction of sp³-hybridized carbons (Fsp3) is 0.350. The minimum atomic E-state index is 0.0697. The lowest BCUT2D eigenvalue weighted by molar-refractivity contribution is -0.120. The first-order valence-corrected chi connectivity index (χ1v) is 9.43. The third-order valence-electron chi connectivity index (χ3n) is 3.50. The minimum Gasteiger partial charge on any atom is -0.492 e. The SMILES string of the molecule is CCCc1ccc(OCCNC(=O)CCSc2ccccc2)cc1. The number of aryl methyl sites for hydroxylation is 1. The topological polar surface area (TPSA) is 38.3 Å². The standard InChI is InChI=1S/C20H25NO2S/c1-2-6-17-9-11-18(12-10-17)23-15-14-21-20(22)13-16-24-19-7-4-3-5-8-19/h3-5,7-12H,2,6,13-16H2,1H3,(H,21,22). The maximum absolute atomic E-state index is 11.8. The zero-order valence-corrected chi connectivity index (χ0v) is 15.0. The zero-order chi connectivity index (χ0) is 17.0. The van der Waals surface area contributed by atoms with Crippen molar-refractivity contribution in [3.05, 3.63) is 60.2 Å². The van der Waals surface area contributed by atoms with E-state index >= 15 is 0 Å². The molecule has 128 valence electrons. The van der Waals surface area contributed by atoms with Crippen LogP contribution in [0.2, 0.25) is 0 Å². The highest BCUT2D eigenvalue weighted by molar-refractivity contribution is 7.99. The molecule has 0 fully saturated rings. The molecule has 0 saturated heterocycles. The summed E-state index contributed by atoms with van der Waals surface area (Å²) in [4.78, 5) is 13.0. The molecule has 4 heteroatoms. The molecule has 2 aromatic carbocycles. The molecule has 2 aromatic rings. The number of thioether (sulfide) groups is 1. The molecule has 2 rings (SSSR count). The largest absolute Gasteiger partial charge is 0.492 e. The van der Waals surface area contributed by atoms with Crippen LogP contribution in [-0.2, 0) is 11.2 Å². The average Bonchev–Trinajstić information content (AvgIpc) is 2.61. The summed E-state index contributed by atoms with van der Waals surface area (Å²) in [6.45, 7) is 3.20. The van der Waals surface area contributed by atoms with Gasteiger partial charge in [-0.3, -0.25) is 4.79 Å². The number of benzene rings is 2. The van der Waals surface area contributed by atoms with Gasteiger partial charge in [-0.2, -0.15) is 0 Å². The second-order valence-corrected chi connectivity index (χ2v) is 6.67. The maximum Gasteiger partial charge on any atom is 0.220 e. The predicted octanol–water partition coefficient (Wildman–Crippen LogP) is 4.32. The van der Waals surface area contributed by atoms with E-state index in [1.165, 1.54) is 10.5 Å². The highest BCUT2D eigenvalue weighted by Gasteiger charge is 2.02. The van der Waals surface area contributed by atoms with Gasteiger partial charge in [0, 0.05) is 17.1 Å². The number of carbonyl (C=O) groups excluding carboxylic acids is 1. The number of carbonyl (C=O) groups is 1. The van der Waals surface area contributed by atoms with E-state index in [-0.39, 0.29) is 5.91 Å². The van der Waals surface area contributed by atoms with Gasteiger partial charge < -0.3 is 10.1 Å². The lowest BCUT2D eigenvalue weighted by Crippen LogP contribution is -2.28. The van der Waals surface area contributed by atoms with Crippen molar-refractivity contribution in [2.24, 2.45) is 0 Å². The Labute approximate surface area is 148 Å². The Kier molecular flexibility index (Phi) is 8.25. The van der Waals surface area contributed by atoms with E-state index in [1.54, 1.807) is 11.8 Å². The van der Waals surface area contributed by atoms with Crippen molar-refractivity contribution in [3.8, 4) is 5.75 Å². The van der Waals surface area contributed by atoms with Crippen LogP contribution in [0.3, 0.4) is 0 Å². The van der Waals surface area contributed by atoms with Gasteiger partial charge in [-0.15, -0.1) is 11.8 Å². The van der Waals surface area contributed by atoms with Crippen LogP contribution in [0.25, 0.3) is 0 Å². The summed E-state index contributed by atoms with van der Waals surface area (Å²) >= 11 is 1.70. The molecule has 0 spiro atoms. The Morgan fingerprint density at radius 3 is 2.54 bits per heavy atom. The summed E-state index contributed by atoms with van der Waals surface area (Å²) in [5.74, 6) is 1.71. The van der Waals surface area contributed by atoms with Crippen molar-refractivity contribution in [2.45, 2.75) is 31.1 Å². The van der Waals surface area contributed by atoms with Gasteiger partial charge in [0.15, 0.2) is 0 Å². The number of nitrogens with one attached hydrogen (secondary N) is 1. The van der Waals surface area contributed by atoms with Crippen LogP contribution in [0.1, 0.15) is 25.3 Å². The summed E-state index contributed by atoms with van der Waals surface area (Å²) in [6.07, 6.45) is 2.76. The lowest BCUT2D eigenvalue weighted by atomic mass is 10.1. The van der Waals surface area contributed by atoms with E-state index in [9.17, 15) is 4.79 Å². The van der Waals surface area contributed by atoms with E-state index in [0.717, 1.165) is 24.3 Å². The summed E-state index contributed by atoms with van der Waals surface area (Å²) in [6, 6.07) is 18.3. The highest BCUT2D eigenvalue weighted by atomic mass is 32.2. The van der Waals surface area contributed by atoms with Crippen molar-refractivity contribution >= 4 is 17.7 Å². The number of hydrogen-bond acceptors (Lipinski definition) is 3. The molecule has 0 aliphatic carbocycles. The van der Waals surface area contributed by atoms with E-state index in [1.807, 2.05) is 30.3 Å². The molecule has 0 aliphatic heterocycles. The van der Waals surface area contributed by atoms with E-state index in [4.69, 9.17) is 4.74 Å². The number of rotatable bonds is 10. The van der Waals surface area contributed by atoms with Gasteiger partial charge in [0.25, 0.3) is 0 Å². The van der Waals surface area contributed by atoms with Gasteiger partial charge in [0.05, 0.1) is 6.54 Å². The maximum atomic E-state index is 11.8. The Morgan fingerprint density at radius 2 is 1.83 bits per heavy atom. The second kappa shape index (κ2) is 10.8. The molecule has 0 aromatic heterocycles. The Hall–Kier alpha value is -1.94. The first kappa shape index (κ1) is 18.4. The fourth-order valence-corrected chi connectivity index (χ4v) is 3.14. The monoisotopic (exact) mass is 343 g/mol. The number of amides is 1. The summed E-state index contributed by atoms with van der Waals surface area (Å²) in [5, 5.41) is 2.89. The Bertz CT molecular complexity index is 599. The van der Waals surface area contributed by atoms with Gasteiger partial charge in [-0.1, -0.05) is 43.7 Å². The predicted molar refractivity (Wildman–Crippen MR) is 101 cm³/mol. The molecule has 0 radical (unpaired) electrons. The van der Waals surface area contributed by atoms with Gasteiger partial charge >= 0.3 is 0 Å². The summed E-state index contributed by atoms with van der Waals surface area (Å²) in [5.41, 5.74) is 1.33. The smallest absolute Gasteiger partial charge is 0.220 e. The van der Waals surface area contributed by atoms with Crippen LogP contribution >= 0.6 is 11.8 Å². The molecule has 1 amide bonds. The van der Waals surface area contributed by atoms with Crippen LogP contribution in [0.4, 0.5) is 0 Å². The van der Waals surface area contributed by atoms with Gasteiger partial charge in [0.1, 0.15) is 12.4 Å². The number of ether oxygens (including phenoxy) is 1. The van der Waals surface area contributed by atoms with E-state index in [0.29, 0.717) is 19.6 Å². The highest BCUT2D eigenvalue weighted by Crippen LogP contribution is 2.17. The second-order valence-electron chi connectivity index (χ2n) is 5.50. The van der Waals surface area contributed by atoms with Crippen molar-refractivity contribution in [1.82, 2.24) is 5.32 Å². The van der Waals surface area contributed by atoms with Crippen LogP contribution in [0.5, 0.6) is 5.75 Å². The van der Waals surface area contributed by atoms with Crippen LogP contribution in [-0.4, -0.2) is 24.8 Å². The Morgan fingerprint density at radius 1 is 1.08 bits per heavy atom. The van der Waals surface area contributed by atoms with Crippen LogP contribution < -0.4 is 10.1 Å². The van der Waals surface area contributed by atoms with Crippen molar-refractivity contribution < 1.29 is 9.53 Å². The molecule has 3 nitrogen and oxygen atoms in total. The first-order chi connectivity index (χ1) is 11.8. The molecule has 0 atom stereocenters. The molecule has 0 saturated carbocycles. The van der Waals surface area contributed by atoms with Gasteiger partial charge in [-0.05, 0) is 36.2 Å². The van der Waals surface area contributed by atoms with Gasteiger partial charge in [0.2, 0.25) is 5.91 Å². The summed E-state index contributed by atoms with van der Waals surface area (Å²) in [7, 11) is 0. The quantitative estimate of drug-likeness (QED) is 0.516. The molecular weight excluding hydrogens is 318 g/mol. The molecule has 0 heterocycles. The third-order valence-corrected chi connectivity index (χ3v) is 4.51. The first-order valence-electron chi connectivity index (χ1n) is 8.44. The minimum absolute atomic E-state index is 0.0697. The van der Waals surface area contributed by atoms with Crippen LogP contribution in [0.15, 0.2) is 59.5 Å². The molecular formula is C20H25NO2S. The fourth-order valence-electron chi connectivity index (χ4n) is 2.27. The van der Waals surface area contributed by atoms with Crippen molar-refractivity contribution in [3.63, 3.8) is 0 Å². The molecule has 0 bridgehead atoms. The zero-order valence-electron chi connectivity index (χ0n) is 14.2. The number of hydrogen-bond donors (Lipinski definition) is 1. The van der Waals surface area contributed by atoms with Gasteiger partial charge in [-0.25, -0.2) is 0 Å². The third kappa shape index (κ3) is 7.09. The Balaban J connectivity index is 1.55. The summed E-state index contributed by atoms with van der Waals surface area (Å²) < 4.78 is 5.64. The van der Waals surface area contributed by atoms with Crippen molar-refractivity contribution in [1.29, 1.82) is 0 Å². The van der Waals surface area contributed by atoms with E-state index < -0.39 is 0 Å². The molecule has 0 unspecified atom stereocenters. The molecule has 24 heavy (non-hydrogen) atoms. The lowest BCUT2D eigenvalue weighted by Gasteiger charge is -2.08. The molecule has 1 N–H and O–H groups in total. The van der Waals surface area contributed by atoms with Crippen molar-refractivity contribution in [2.75, 3.05) is 18.9 Å².